The molecular weight excluding hydrogens is 240 g/mol. The second kappa shape index (κ2) is 6.35. The van der Waals surface area contributed by atoms with Crippen LogP contribution >= 0.6 is 0 Å². The lowest BCUT2D eigenvalue weighted by atomic mass is 10.4. The molecule has 1 rings (SSSR count). The SMILES string of the molecule is CCS(=O)(=O)CC(=O)N(C)CCN1CCCC1. The Kier molecular flexibility index (Phi) is 5.39. The van der Waals surface area contributed by atoms with Gasteiger partial charge in [-0.3, -0.25) is 4.79 Å². The largest absolute Gasteiger partial charge is 0.344 e. The van der Waals surface area contributed by atoms with E-state index in [1.54, 1.807) is 14.0 Å². The van der Waals surface area contributed by atoms with Crippen molar-refractivity contribution in [2.45, 2.75) is 19.8 Å². The normalized spacial score (nSPS) is 17.3. The summed E-state index contributed by atoms with van der Waals surface area (Å²) in [5.74, 6) is -0.635. The summed E-state index contributed by atoms with van der Waals surface area (Å²) >= 11 is 0. The molecule has 0 radical (unpaired) electrons. The fraction of sp³-hybridized carbons (Fsp3) is 0.909. The van der Waals surface area contributed by atoms with Crippen LogP contribution in [0.2, 0.25) is 0 Å². The maximum absolute atomic E-state index is 11.7. The topological polar surface area (TPSA) is 57.7 Å². The Bertz CT molecular complexity index is 348. The maximum Gasteiger partial charge on any atom is 0.237 e. The summed E-state index contributed by atoms with van der Waals surface area (Å²) < 4.78 is 22.6. The number of carbonyl (C=O) groups is 1. The molecule has 1 saturated heterocycles. The first-order chi connectivity index (χ1) is 7.94. The molecule has 0 atom stereocenters. The van der Waals surface area contributed by atoms with Crippen molar-refractivity contribution < 1.29 is 13.2 Å². The monoisotopic (exact) mass is 262 g/mol. The molecule has 5 nitrogen and oxygen atoms in total. The number of rotatable bonds is 6. The first-order valence-corrected chi connectivity index (χ1v) is 7.93. The zero-order valence-electron chi connectivity index (χ0n) is 10.7. The minimum atomic E-state index is -3.21. The molecule has 1 heterocycles. The van der Waals surface area contributed by atoms with Crippen LogP contribution in [0.5, 0.6) is 0 Å². The van der Waals surface area contributed by atoms with Gasteiger partial charge in [0.1, 0.15) is 5.75 Å². The van der Waals surface area contributed by atoms with Crippen molar-refractivity contribution in [1.82, 2.24) is 9.80 Å². The molecule has 6 heteroatoms. The number of amides is 1. The third-order valence-corrected chi connectivity index (χ3v) is 4.73. The standard InChI is InChI=1S/C11H22N2O3S/c1-3-17(15,16)10-11(14)12(2)8-9-13-6-4-5-7-13/h3-10H2,1-2H3. The van der Waals surface area contributed by atoms with Crippen LogP contribution in [0.3, 0.4) is 0 Å². The molecule has 17 heavy (non-hydrogen) atoms. The van der Waals surface area contributed by atoms with Gasteiger partial charge in [-0.05, 0) is 25.9 Å². The quantitative estimate of drug-likeness (QED) is 0.675. The number of hydrogen-bond donors (Lipinski definition) is 0. The van der Waals surface area contributed by atoms with Crippen molar-refractivity contribution in [3.8, 4) is 0 Å². The van der Waals surface area contributed by atoms with Crippen LogP contribution in [0.4, 0.5) is 0 Å². The van der Waals surface area contributed by atoms with Crippen molar-refractivity contribution in [3.63, 3.8) is 0 Å². The van der Waals surface area contributed by atoms with Crippen LogP contribution in [0.15, 0.2) is 0 Å². The number of nitrogens with zero attached hydrogens (tertiary/aromatic N) is 2. The van der Waals surface area contributed by atoms with Gasteiger partial charge in [-0.1, -0.05) is 6.92 Å². The van der Waals surface area contributed by atoms with E-state index in [1.165, 1.54) is 17.7 Å². The van der Waals surface area contributed by atoms with Crippen molar-refractivity contribution in [1.29, 1.82) is 0 Å². The molecule has 1 aliphatic rings. The molecule has 0 aromatic rings. The first kappa shape index (κ1) is 14.4. The van der Waals surface area contributed by atoms with Crippen LogP contribution in [0, 0.1) is 0 Å². The van der Waals surface area contributed by atoms with Gasteiger partial charge in [0, 0.05) is 25.9 Å². The molecule has 0 aliphatic carbocycles. The molecule has 1 amide bonds. The van der Waals surface area contributed by atoms with Gasteiger partial charge in [0.15, 0.2) is 9.84 Å². The highest BCUT2D eigenvalue weighted by molar-refractivity contribution is 7.92. The Balaban J connectivity index is 2.31. The van der Waals surface area contributed by atoms with E-state index in [2.05, 4.69) is 4.90 Å². The summed E-state index contributed by atoms with van der Waals surface area (Å²) in [6, 6.07) is 0. The Morgan fingerprint density at radius 2 is 1.88 bits per heavy atom. The van der Waals surface area contributed by atoms with E-state index in [9.17, 15) is 13.2 Å². The van der Waals surface area contributed by atoms with Gasteiger partial charge in [0.25, 0.3) is 0 Å². The van der Waals surface area contributed by atoms with E-state index in [0.717, 1.165) is 19.6 Å². The minimum absolute atomic E-state index is 0.0265. The van der Waals surface area contributed by atoms with Crippen molar-refractivity contribution >= 4 is 15.7 Å². The lowest BCUT2D eigenvalue weighted by Gasteiger charge is -2.21. The smallest absolute Gasteiger partial charge is 0.237 e. The fourth-order valence-electron chi connectivity index (χ4n) is 1.82. The van der Waals surface area contributed by atoms with Crippen LogP contribution in [-0.2, 0) is 14.6 Å². The van der Waals surface area contributed by atoms with Crippen LogP contribution < -0.4 is 0 Å². The Labute approximate surface area is 104 Å². The third-order valence-electron chi connectivity index (χ3n) is 3.16. The molecule has 0 N–H and O–H groups in total. The average molecular weight is 262 g/mol. The predicted molar refractivity (Wildman–Crippen MR) is 67.6 cm³/mol. The average Bonchev–Trinajstić information content (AvgIpc) is 2.78. The minimum Gasteiger partial charge on any atom is -0.344 e. The molecule has 0 aromatic carbocycles. The molecule has 0 unspecified atom stereocenters. The van der Waals surface area contributed by atoms with E-state index in [1.807, 2.05) is 0 Å². The van der Waals surface area contributed by atoms with Crippen LogP contribution in [0.1, 0.15) is 19.8 Å². The number of sulfone groups is 1. The molecule has 100 valence electrons. The Hall–Kier alpha value is -0.620. The van der Waals surface area contributed by atoms with Crippen molar-refractivity contribution in [2.24, 2.45) is 0 Å². The van der Waals surface area contributed by atoms with Gasteiger partial charge in [-0.15, -0.1) is 0 Å². The van der Waals surface area contributed by atoms with Gasteiger partial charge < -0.3 is 9.80 Å². The number of hydrogen-bond acceptors (Lipinski definition) is 4. The van der Waals surface area contributed by atoms with Gasteiger partial charge in [0.05, 0.1) is 0 Å². The Morgan fingerprint density at radius 3 is 2.41 bits per heavy atom. The van der Waals surface area contributed by atoms with E-state index in [-0.39, 0.29) is 17.4 Å². The lowest BCUT2D eigenvalue weighted by molar-refractivity contribution is -0.127. The summed E-state index contributed by atoms with van der Waals surface area (Å²) in [7, 11) is -1.54. The maximum atomic E-state index is 11.7. The van der Waals surface area contributed by atoms with E-state index in [0.29, 0.717) is 6.54 Å². The first-order valence-electron chi connectivity index (χ1n) is 6.11. The van der Waals surface area contributed by atoms with Gasteiger partial charge in [0.2, 0.25) is 5.91 Å². The summed E-state index contributed by atoms with van der Waals surface area (Å²) in [5.41, 5.74) is 0. The fourth-order valence-corrected chi connectivity index (χ4v) is 2.62. The number of carbonyl (C=O) groups excluding carboxylic acids is 1. The third kappa shape index (κ3) is 5.04. The molecule has 0 saturated carbocycles. The second-order valence-electron chi connectivity index (χ2n) is 4.54. The van der Waals surface area contributed by atoms with Crippen LogP contribution in [0.25, 0.3) is 0 Å². The number of likely N-dealkylation sites (tertiary alicyclic amines) is 1. The molecular formula is C11H22N2O3S. The summed E-state index contributed by atoms with van der Waals surface area (Å²) in [5, 5.41) is 0. The van der Waals surface area contributed by atoms with Crippen molar-refractivity contribution in [3.05, 3.63) is 0 Å². The Morgan fingerprint density at radius 1 is 1.29 bits per heavy atom. The second-order valence-corrected chi connectivity index (χ2v) is 6.89. The zero-order valence-corrected chi connectivity index (χ0v) is 11.5. The number of likely N-dealkylation sites (N-methyl/N-ethyl adjacent to an activating group) is 1. The highest BCUT2D eigenvalue weighted by Crippen LogP contribution is 2.06. The van der Waals surface area contributed by atoms with E-state index < -0.39 is 9.84 Å². The molecule has 0 bridgehead atoms. The van der Waals surface area contributed by atoms with Gasteiger partial charge in [-0.25, -0.2) is 8.42 Å². The zero-order chi connectivity index (χ0) is 12.9. The van der Waals surface area contributed by atoms with Gasteiger partial charge in [-0.2, -0.15) is 0 Å². The van der Waals surface area contributed by atoms with E-state index >= 15 is 0 Å². The summed E-state index contributed by atoms with van der Waals surface area (Å²) in [4.78, 5) is 15.5. The highest BCUT2D eigenvalue weighted by Gasteiger charge is 2.19. The predicted octanol–water partition coefficient (Wildman–Crippen LogP) is -0.0247. The lowest BCUT2D eigenvalue weighted by Crippen LogP contribution is -2.38. The molecule has 0 aromatic heterocycles. The molecule has 1 aliphatic heterocycles. The van der Waals surface area contributed by atoms with Gasteiger partial charge >= 0.3 is 0 Å². The summed E-state index contributed by atoms with van der Waals surface area (Å²) in [6.45, 7) is 5.20. The molecule has 1 fully saturated rings. The van der Waals surface area contributed by atoms with E-state index in [4.69, 9.17) is 0 Å². The van der Waals surface area contributed by atoms with Crippen LogP contribution in [-0.4, -0.2) is 68.9 Å². The summed E-state index contributed by atoms with van der Waals surface area (Å²) in [6.07, 6.45) is 2.45. The van der Waals surface area contributed by atoms with Crippen molar-refractivity contribution in [2.75, 3.05) is 44.7 Å². The molecule has 0 spiro atoms. The highest BCUT2D eigenvalue weighted by atomic mass is 32.2.